The van der Waals surface area contributed by atoms with Gasteiger partial charge in [0.1, 0.15) is 0 Å². The Bertz CT molecular complexity index is 593. The van der Waals surface area contributed by atoms with Gasteiger partial charge in [-0.25, -0.2) is 0 Å². The number of aromatic amines is 1. The van der Waals surface area contributed by atoms with E-state index < -0.39 is 0 Å². The molecule has 2 heterocycles. The van der Waals surface area contributed by atoms with E-state index in [1.54, 1.807) is 11.8 Å². The maximum absolute atomic E-state index is 12.2. The van der Waals surface area contributed by atoms with Gasteiger partial charge >= 0.3 is 10.8 Å². The van der Waals surface area contributed by atoms with Crippen molar-refractivity contribution in [3.05, 3.63) is 14.5 Å². The molecule has 6 heteroatoms. The highest BCUT2D eigenvalue weighted by Gasteiger charge is 2.56. The zero-order chi connectivity index (χ0) is 13.1. The maximum atomic E-state index is 12.2. The van der Waals surface area contributed by atoms with E-state index in [0.717, 1.165) is 9.90 Å². The molecule has 1 aromatic rings. The van der Waals surface area contributed by atoms with Gasteiger partial charge in [0.15, 0.2) is 0 Å². The number of hydrogen-bond acceptors (Lipinski definition) is 5. The summed E-state index contributed by atoms with van der Waals surface area (Å²) in [6.45, 7) is 0. The third-order valence-electron chi connectivity index (χ3n) is 4.92. The van der Waals surface area contributed by atoms with Gasteiger partial charge in [0.05, 0.1) is 22.9 Å². The fourth-order valence-electron chi connectivity index (χ4n) is 4.24. The predicted octanol–water partition coefficient (Wildman–Crippen LogP) is 2.21. The van der Waals surface area contributed by atoms with Crippen LogP contribution < -0.4 is 4.87 Å². The van der Waals surface area contributed by atoms with Crippen molar-refractivity contribution >= 4 is 29.1 Å². The van der Waals surface area contributed by atoms with Gasteiger partial charge in [0.25, 0.3) is 0 Å². The molecule has 102 valence electrons. The zero-order valence-corrected chi connectivity index (χ0v) is 12.2. The molecule has 2 fully saturated rings. The number of thioether (sulfide) groups is 1. The van der Waals surface area contributed by atoms with Gasteiger partial charge in [-0.2, -0.15) is 0 Å². The smallest absolute Gasteiger partial charge is 0.314 e. The Labute approximate surface area is 118 Å². The molecule has 4 rings (SSSR count). The average Bonchev–Trinajstić information content (AvgIpc) is 3.07. The normalized spacial score (nSPS) is 38.9. The number of H-pyrrole nitrogens is 1. The van der Waals surface area contributed by atoms with E-state index in [4.69, 9.17) is 4.74 Å². The minimum Gasteiger partial charge on any atom is -0.469 e. The van der Waals surface area contributed by atoms with Gasteiger partial charge in [-0.15, -0.1) is 11.8 Å². The molecule has 0 amide bonds. The summed E-state index contributed by atoms with van der Waals surface area (Å²) >= 11 is 2.98. The Hall–Kier alpha value is -0.750. The van der Waals surface area contributed by atoms with Gasteiger partial charge in [0.2, 0.25) is 0 Å². The molecule has 1 aliphatic heterocycles. The molecule has 5 atom stereocenters. The molecule has 4 nitrogen and oxygen atoms in total. The van der Waals surface area contributed by atoms with Crippen LogP contribution in [0.3, 0.4) is 0 Å². The highest BCUT2D eigenvalue weighted by Crippen LogP contribution is 2.62. The summed E-state index contributed by atoms with van der Waals surface area (Å²) < 4.78 is 5.01. The first-order valence-electron chi connectivity index (χ1n) is 6.66. The molecule has 1 N–H and O–H groups in total. The Morgan fingerprint density at radius 1 is 1.37 bits per heavy atom. The number of esters is 1. The lowest BCUT2D eigenvalue weighted by molar-refractivity contribution is -0.144. The SMILES string of the molecule is COC(=O)[C@@H]1c2sc(=O)[nH]c2S[C@H]2[C@H]3CC[C@@H](C3)[C@H]21. The number of methoxy groups -OCH3 is 1. The lowest BCUT2D eigenvalue weighted by Crippen LogP contribution is -2.37. The van der Waals surface area contributed by atoms with E-state index in [2.05, 4.69) is 4.98 Å². The number of fused-ring (bicyclic) bond motifs is 6. The fourth-order valence-corrected chi connectivity index (χ4v) is 7.09. The van der Waals surface area contributed by atoms with Crippen molar-refractivity contribution in [2.75, 3.05) is 7.11 Å². The first-order valence-corrected chi connectivity index (χ1v) is 8.36. The van der Waals surface area contributed by atoms with Crippen LogP contribution in [0, 0.1) is 17.8 Å². The Morgan fingerprint density at radius 2 is 2.16 bits per heavy atom. The number of nitrogens with one attached hydrogen (secondary N) is 1. The molecule has 2 aliphatic carbocycles. The number of thiazole rings is 1. The summed E-state index contributed by atoms with van der Waals surface area (Å²) in [6, 6.07) is 0. The quantitative estimate of drug-likeness (QED) is 0.807. The number of hydrogen-bond donors (Lipinski definition) is 1. The van der Waals surface area contributed by atoms with E-state index in [0.29, 0.717) is 23.0 Å². The third kappa shape index (κ3) is 1.59. The largest absolute Gasteiger partial charge is 0.469 e. The number of carbonyl (C=O) groups is 1. The molecule has 0 aromatic carbocycles. The van der Waals surface area contributed by atoms with Crippen molar-refractivity contribution in [3.63, 3.8) is 0 Å². The van der Waals surface area contributed by atoms with Crippen LogP contribution in [-0.2, 0) is 9.53 Å². The number of aromatic nitrogens is 1. The van der Waals surface area contributed by atoms with Crippen LogP contribution in [0.5, 0.6) is 0 Å². The van der Waals surface area contributed by atoms with Gasteiger partial charge in [-0.3, -0.25) is 9.59 Å². The van der Waals surface area contributed by atoms with Crippen molar-refractivity contribution < 1.29 is 9.53 Å². The molecule has 0 saturated heterocycles. The van der Waals surface area contributed by atoms with Gasteiger partial charge in [-0.1, -0.05) is 11.3 Å². The Balaban J connectivity index is 1.84. The van der Waals surface area contributed by atoms with Crippen LogP contribution in [0.15, 0.2) is 9.82 Å². The van der Waals surface area contributed by atoms with Crippen LogP contribution in [0.25, 0.3) is 0 Å². The van der Waals surface area contributed by atoms with Crippen molar-refractivity contribution in [3.8, 4) is 0 Å². The highest BCUT2D eigenvalue weighted by atomic mass is 32.2. The van der Waals surface area contributed by atoms with Crippen molar-refractivity contribution in [1.29, 1.82) is 0 Å². The van der Waals surface area contributed by atoms with E-state index in [1.165, 1.54) is 37.7 Å². The van der Waals surface area contributed by atoms with Crippen LogP contribution in [0.4, 0.5) is 0 Å². The summed E-state index contributed by atoms with van der Waals surface area (Å²) in [5.41, 5.74) is 0. The molecule has 2 bridgehead atoms. The van der Waals surface area contributed by atoms with E-state index in [9.17, 15) is 9.59 Å². The van der Waals surface area contributed by atoms with Crippen molar-refractivity contribution in [1.82, 2.24) is 4.98 Å². The molecular formula is C13H15NO3S2. The van der Waals surface area contributed by atoms with Gasteiger partial charge in [-0.05, 0) is 37.0 Å². The highest BCUT2D eigenvalue weighted by molar-refractivity contribution is 8.00. The van der Waals surface area contributed by atoms with Gasteiger partial charge in [0, 0.05) is 5.25 Å². The first kappa shape index (κ1) is 12.0. The lowest BCUT2D eigenvalue weighted by Gasteiger charge is -2.38. The molecule has 3 aliphatic rings. The van der Waals surface area contributed by atoms with Crippen LogP contribution in [0.1, 0.15) is 30.1 Å². The summed E-state index contributed by atoms with van der Waals surface area (Å²) in [4.78, 5) is 27.6. The maximum Gasteiger partial charge on any atom is 0.314 e. The van der Waals surface area contributed by atoms with Crippen LogP contribution in [0.2, 0.25) is 0 Å². The Morgan fingerprint density at radius 3 is 2.95 bits per heavy atom. The monoisotopic (exact) mass is 297 g/mol. The standard InChI is InChI=1S/C13H15NO3S2/c1-17-12(15)8-7-5-2-3-6(4-5)9(7)18-11-10(8)19-13(16)14-11/h5-9H,2-4H2,1H3,(H,14,16)/t5-,6-,7-,8-,9-/m0/s1. The van der Waals surface area contributed by atoms with Gasteiger partial charge < -0.3 is 9.72 Å². The molecule has 1 aromatic heterocycles. The molecule has 2 saturated carbocycles. The Kier molecular flexibility index (Phi) is 2.61. The summed E-state index contributed by atoms with van der Waals surface area (Å²) in [7, 11) is 1.45. The van der Waals surface area contributed by atoms with E-state index in [1.807, 2.05) is 0 Å². The van der Waals surface area contributed by atoms with Crippen LogP contribution >= 0.6 is 23.1 Å². The number of carbonyl (C=O) groups excluding carboxylic acids is 1. The van der Waals surface area contributed by atoms with Crippen LogP contribution in [-0.4, -0.2) is 23.3 Å². The fraction of sp³-hybridized carbons (Fsp3) is 0.692. The second-order valence-corrected chi connectivity index (χ2v) is 7.90. The second kappa shape index (κ2) is 4.12. The van der Waals surface area contributed by atoms with Crippen molar-refractivity contribution in [2.45, 2.75) is 35.5 Å². The molecule has 0 spiro atoms. The lowest BCUT2D eigenvalue weighted by atomic mass is 9.78. The predicted molar refractivity (Wildman–Crippen MR) is 73.7 cm³/mol. The number of ether oxygens (including phenoxy) is 1. The second-order valence-electron chi connectivity index (χ2n) is 5.70. The zero-order valence-electron chi connectivity index (χ0n) is 10.5. The number of rotatable bonds is 1. The summed E-state index contributed by atoms with van der Waals surface area (Å²) in [5.74, 6) is 1.33. The minimum atomic E-state index is -0.217. The third-order valence-corrected chi connectivity index (χ3v) is 7.54. The van der Waals surface area contributed by atoms with E-state index in [-0.39, 0.29) is 16.8 Å². The summed E-state index contributed by atoms with van der Waals surface area (Å²) in [5, 5.41) is 1.40. The molecule has 19 heavy (non-hydrogen) atoms. The van der Waals surface area contributed by atoms with E-state index >= 15 is 0 Å². The molecular weight excluding hydrogens is 282 g/mol. The van der Waals surface area contributed by atoms with Crippen molar-refractivity contribution in [2.24, 2.45) is 17.8 Å². The first-order chi connectivity index (χ1) is 9.19. The summed E-state index contributed by atoms with van der Waals surface area (Å²) in [6.07, 6.45) is 3.75. The molecule has 0 unspecified atom stereocenters. The average molecular weight is 297 g/mol. The molecule has 0 radical (unpaired) electrons. The topological polar surface area (TPSA) is 59.2 Å². The minimum absolute atomic E-state index is 0.0567.